The van der Waals surface area contributed by atoms with Gasteiger partial charge in [-0.2, -0.15) is 0 Å². The summed E-state index contributed by atoms with van der Waals surface area (Å²) in [6.07, 6.45) is 2.85. The zero-order chi connectivity index (χ0) is 15.7. The van der Waals surface area contributed by atoms with Crippen molar-refractivity contribution in [2.24, 2.45) is 0 Å². The summed E-state index contributed by atoms with van der Waals surface area (Å²) in [5.74, 6) is 0. The van der Waals surface area contributed by atoms with Gasteiger partial charge in [0.1, 0.15) is 0 Å². The first kappa shape index (κ1) is 16.3. The Morgan fingerprint density at radius 3 is 2.33 bits per heavy atom. The van der Waals surface area contributed by atoms with Crippen LogP contribution in [0, 0.1) is 0 Å². The minimum atomic E-state index is 0.0220. The van der Waals surface area contributed by atoms with Crippen molar-refractivity contribution < 1.29 is 4.79 Å². The fraction of sp³-hybridized carbons (Fsp3) is 0.588. The third kappa shape index (κ3) is 4.21. The van der Waals surface area contributed by atoms with Crippen molar-refractivity contribution in [2.45, 2.75) is 64.2 Å². The first-order chi connectivity index (χ1) is 9.72. The number of halogens is 1. The second kappa shape index (κ2) is 5.98. The van der Waals surface area contributed by atoms with Gasteiger partial charge in [0.2, 0.25) is 6.41 Å². The molecule has 1 aromatic carbocycles. The summed E-state index contributed by atoms with van der Waals surface area (Å²) in [7, 11) is 0. The van der Waals surface area contributed by atoms with Gasteiger partial charge in [-0.15, -0.1) is 0 Å². The summed E-state index contributed by atoms with van der Waals surface area (Å²) in [5, 5.41) is 4.37. The lowest BCUT2D eigenvalue weighted by molar-refractivity contribution is -0.122. The Morgan fingerprint density at radius 2 is 1.81 bits per heavy atom. The Morgan fingerprint density at radius 1 is 1.24 bits per heavy atom. The molecule has 1 amide bonds. The van der Waals surface area contributed by atoms with Crippen LogP contribution in [-0.2, 0) is 11.3 Å². The minimum absolute atomic E-state index is 0.0220. The van der Waals surface area contributed by atoms with Crippen molar-refractivity contribution in [3.63, 3.8) is 0 Å². The zero-order valence-corrected chi connectivity index (χ0v) is 14.1. The predicted octanol–water partition coefficient (Wildman–Crippen LogP) is 3.61. The molecule has 1 saturated heterocycles. The highest BCUT2D eigenvalue weighted by Gasteiger charge is 2.39. The van der Waals surface area contributed by atoms with Gasteiger partial charge in [0, 0.05) is 28.7 Å². The molecule has 1 aliphatic rings. The molecule has 116 valence electrons. The van der Waals surface area contributed by atoms with E-state index in [0.29, 0.717) is 6.54 Å². The average Bonchev–Trinajstić information content (AvgIpc) is 2.34. The van der Waals surface area contributed by atoms with Crippen molar-refractivity contribution in [2.75, 3.05) is 0 Å². The summed E-state index contributed by atoms with van der Waals surface area (Å²) in [5.41, 5.74) is 1.04. The minimum Gasteiger partial charge on any atom is -0.338 e. The van der Waals surface area contributed by atoms with E-state index in [2.05, 4.69) is 33.0 Å². The van der Waals surface area contributed by atoms with Gasteiger partial charge >= 0.3 is 0 Å². The van der Waals surface area contributed by atoms with Gasteiger partial charge in [0.15, 0.2) is 0 Å². The van der Waals surface area contributed by atoms with Crippen LogP contribution in [0.5, 0.6) is 0 Å². The van der Waals surface area contributed by atoms with Crippen molar-refractivity contribution in [1.82, 2.24) is 10.2 Å². The van der Waals surface area contributed by atoms with E-state index >= 15 is 0 Å². The Bertz CT molecular complexity index is 497. The molecule has 0 unspecified atom stereocenters. The molecular formula is C17H25ClN2O. The number of hydrogen-bond acceptors (Lipinski definition) is 2. The first-order valence-corrected chi connectivity index (χ1v) is 7.84. The summed E-state index contributed by atoms with van der Waals surface area (Å²) < 4.78 is 0. The Kier molecular flexibility index (Phi) is 4.64. The number of carbonyl (C=O) groups excluding carboxylic acids is 1. The summed E-state index contributed by atoms with van der Waals surface area (Å²) in [6.45, 7) is 9.34. The third-order valence-electron chi connectivity index (χ3n) is 4.08. The molecule has 21 heavy (non-hydrogen) atoms. The molecule has 1 fully saturated rings. The van der Waals surface area contributed by atoms with Crippen LogP contribution in [0.3, 0.4) is 0 Å². The summed E-state index contributed by atoms with van der Waals surface area (Å²) in [4.78, 5) is 13.5. The number of piperidine rings is 1. The zero-order valence-electron chi connectivity index (χ0n) is 13.3. The predicted molar refractivity (Wildman–Crippen MR) is 87.4 cm³/mol. The molecule has 2 rings (SSSR count). The molecule has 0 atom stereocenters. The fourth-order valence-electron chi connectivity index (χ4n) is 3.58. The maximum absolute atomic E-state index is 11.6. The number of hydrogen-bond donors (Lipinski definition) is 1. The molecule has 0 radical (unpaired) electrons. The van der Waals surface area contributed by atoms with Crippen molar-refractivity contribution in [3.8, 4) is 0 Å². The first-order valence-electron chi connectivity index (χ1n) is 7.46. The second-order valence-electron chi connectivity index (χ2n) is 7.32. The Hall–Kier alpha value is -1.06. The van der Waals surface area contributed by atoms with Crippen LogP contribution >= 0.6 is 11.6 Å². The molecule has 1 N–H and O–H groups in total. The SMILES string of the molecule is CC1(C)CC(N(C=O)Cc2ccccc2Cl)CC(C)(C)N1. The third-order valence-corrected chi connectivity index (χ3v) is 4.45. The quantitative estimate of drug-likeness (QED) is 0.862. The lowest BCUT2D eigenvalue weighted by atomic mass is 9.79. The van der Waals surface area contributed by atoms with Crippen LogP contribution in [0.4, 0.5) is 0 Å². The van der Waals surface area contributed by atoms with Gasteiger partial charge in [-0.1, -0.05) is 29.8 Å². The normalized spacial score (nSPS) is 21.0. The Balaban J connectivity index is 2.17. The molecule has 4 heteroatoms. The molecule has 0 aromatic heterocycles. The van der Waals surface area contributed by atoms with Crippen molar-refractivity contribution >= 4 is 18.0 Å². The van der Waals surface area contributed by atoms with Gasteiger partial charge in [0.25, 0.3) is 0 Å². The molecule has 1 heterocycles. The molecule has 1 aromatic rings. The maximum Gasteiger partial charge on any atom is 0.210 e. The molecule has 1 aliphatic heterocycles. The van der Waals surface area contributed by atoms with E-state index in [0.717, 1.165) is 29.8 Å². The van der Waals surface area contributed by atoms with Crippen LogP contribution in [-0.4, -0.2) is 28.4 Å². The van der Waals surface area contributed by atoms with E-state index in [1.807, 2.05) is 29.2 Å². The van der Waals surface area contributed by atoms with Gasteiger partial charge in [0.05, 0.1) is 0 Å². The van der Waals surface area contributed by atoms with Gasteiger partial charge in [-0.3, -0.25) is 4.79 Å². The van der Waals surface area contributed by atoms with Crippen molar-refractivity contribution in [1.29, 1.82) is 0 Å². The summed E-state index contributed by atoms with van der Waals surface area (Å²) >= 11 is 6.22. The van der Waals surface area contributed by atoms with Crippen LogP contribution in [0.1, 0.15) is 46.1 Å². The largest absolute Gasteiger partial charge is 0.338 e. The van der Waals surface area contributed by atoms with E-state index in [-0.39, 0.29) is 17.1 Å². The van der Waals surface area contributed by atoms with Gasteiger partial charge in [-0.05, 0) is 52.2 Å². The number of carbonyl (C=O) groups is 1. The molecule has 0 bridgehead atoms. The highest BCUT2D eigenvalue weighted by Crippen LogP contribution is 2.32. The maximum atomic E-state index is 11.6. The van der Waals surface area contributed by atoms with Crippen LogP contribution < -0.4 is 5.32 Å². The standard InChI is InChI=1S/C17H25ClN2O/c1-16(2)9-14(10-17(3,4)19-16)20(12-21)11-13-7-5-6-8-15(13)18/h5-8,12,14,19H,9-11H2,1-4H3. The number of nitrogens with one attached hydrogen (secondary N) is 1. The topological polar surface area (TPSA) is 32.3 Å². The molecule has 3 nitrogen and oxygen atoms in total. The molecule has 0 saturated carbocycles. The number of rotatable bonds is 4. The van der Waals surface area contributed by atoms with E-state index in [9.17, 15) is 4.79 Å². The average molecular weight is 309 g/mol. The lowest BCUT2D eigenvalue weighted by Crippen LogP contribution is -2.62. The highest BCUT2D eigenvalue weighted by molar-refractivity contribution is 6.31. The number of amides is 1. The van der Waals surface area contributed by atoms with Crippen molar-refractivity contribution in [3.05, 3.63) is 34.9 Å². The van der Waals surface area contributed by atoms with E-state index < -0.39 is 0 Å². The second-order valence-corrected chi connectivity index (χ2v) is 7.73. The van der Waals surface area contributed by atoms with Gasteiger partial charge < -0.3 is 10.2 Å². The van der Waals surface area contributed by atoms with E-state index in [1.54, 1.807) is 0 Å². The van der Waals surface area contributed by atoms with Crippen LogP contribution in [0.2, 0.25) is 5.02 Å². The van der Waals surface area contributed by atoms with Crippen LogP contribution in [0.15, 0.2) is 24.3 Å². The summed E-state index contributed by atoms with van der Waals surface area (Å²) in [6, 6.07) is 7.95. The fourth-order valence-corrected chi connectivity index (χ4v) is 3.77. The van der Waals surface area contributed by atoms with E-state index in [4.69, 9.17) is 11.6 Å². The number of nitrogens with zero attached hydrogens (tertiary/aromatic N) is 1. The molecule has 0 aliphatic carbocycles. The number of benzene rings is 1. The molecular weight excluding hydrogens is 284 g/mol. The van der Waals surface area contributed by atoms with Gasteiger partial charge in [-0.25, -0.2) is 0 Å². The smallest absolute Gasteiger partial charge is 0.210 e. The monoisotopic (exact) mass is 308 g/mol. The molecule has 0 spiro atoms. The van der Waals surface area contributed by atoms with E-state index in [1.165, 1.54) is 0 Å². The van der Waals surface area contributed by atoms with Crippen LogP contribution in [0.25, 0.3) is 0 Å². The highest BCUT2D eigenvalue weighted by atomic mass is 35.5. The Labute approximate surface area is 132 Å². The lowest BCUT2D eigenvalue weighted by Gasteiger charge is -2.49.